The zero-order valence-electron chi connectivity index (χ0n) is 26.3. The van der Waals surface area contributed by atoms with Crippen molar-refractivity contribution in [3.05, 3.63) is 71.8 Å². The first-order valence-electron chi connectivity index (χ1n) is 15.6. The first-order chi connectivity index (χ1) is 21.3. The van der Waals surface area contributed by atoms with E-state index in [2.05, 4.69) is 33.9 Å². The number of hydrogen-bond donors (Lipinski definition) is 0. The van der Waals surface area contributed by atoms with Crippen molar-refractivity contribution in [3.63, 3.8) is 0 Å². The Morgan fingerprint density at radius 3 is 2.09 bits per heavy atom. The summed E-state index contributed by atoms with van der Waals surface area (Å²) < 4.78 is 49.0. The van der Waals surface area contributed by atoms with Crippen molar-refractivity contribution in [3.8, 4) is 0 Å². The molecule has 2 fully saturated rings. The smallest absolute Gasteiger partial charge is 0.454 e. The molecule has 0 aliphatic carbocycles. The van der Waals surface area contributed by atoms with E-state index in [-0.39, 0.29) is 19.5 Å². The van der Waals surface area contributed by atoms with Gasteiger partial charge in [0.1, 0.15) is 17.7 Å². The van der Waals surface area contributed by atoms with Crippen LogP contribution in [0.4, 0.5) is 18.0 Å². The SMILES string of the molecule is CC(C)(C)OC(=O)N1C[C@H](OC(=O)C(F)(F)F)C[C@H]1C(=O)N(CCCN1CCC(Cc2ccccc2)CC1)Cc1ccccc1. The van der Waals surface area contributed by atoms with Crippen LogP contribution in [0.2, 0.25) is 0 Å². The van der Waals surface area contributed by atoms with Crippen molar-refractivity contribution in [1.29, 1.82) is 0 Å². The van der Waals surface area contributed by atoms with E-state index in [9.17, 15) is 27.6 Å². The fraction of sp³-hybridized carbons (Fsp3) is 0.559. The van der Waals surface area contributed by atoms with Crippen LogP contribution in [0.5, 0.6) is 0 Å². The molecule has 2 amide bonds. The number of benzene rings is 2. The monoisotopic (exact) mass is 631 g/mol. The van der Waals surface area contributed by atoms with Gasteiger partial charge in [0, 0.05) is 19.5 Å². The third-order valence-electron chi connectivity index (χ3n) is 8.19. The second-order valence-electron chi connectivity index (χ2n) is 13.0. The Labute approximate surface area is 263 Å². The molecule has 2 aliphatic rings. The maximum absolute atomic E-state index is 14.1. The molecule has 0 unspecified atom stereocenters. The van der Waals surface area contributed by atoms with E-state index in [0.29, 0.717) is 18.9 Å². The third kappa shape index (κ3) is 10.5. The van der Waals surface area contributed by atoms with E-state index in [1.807, 2.05) is 36.4 Å². The van der Waals surface area contributed by atoms with Crippen LogP contribution in [0, 0.1) is 5.92 Å². The van der Waals surface area contributed by atoms with Gasteiger partial charge < -0.3 is 19.3 Å². The molecule has 0 N–H and O–H groups in total. The minimum atomic E-state index is -5.19. The summed E-state index contributed by atoms with van der Waals surface area (Å²) in [5.41, 5.74) is 1.34. The second kappa shape index (κ2) is 15.1. The topological polar surface area (TPSA) is 79.4 Å². The van der Waals surface area contributed by atoms with Crippen LogP contribution in [0.1, 0.15) is 57.6 Å². The summed E-state index contributed by atoms with van der Waals surface area (Å²) >= 11 is 0. The van der Waals surface area contributed by atoms with Crippen LogP contribution in [-0.4, -0.2) is 89.3 Å². The van der Waals surface area contributed by atoms with Crippen LogP contribution in [-0.2, 0) is 32.0 Å². The normalized spacial score (nSPS) is 19.7. The predicted molar refractivity (Wildman–Crippen MR) is 163 cm³/mol. The molecular weight excluding hydrogens is 587 g/mol. The quantitative estimate of drug-likeness (QED) is 0.307. The lowest BCUT2D eigenvalue weighted by Gasteiger charge is -2.34. The number of carbonyl (C=O) groups excluding carboxylic acids is 3. The van der Waals surface area contributed by atoms with Crippen LogP contribution in [0.3, 0.4) is 0 Å². The average molecular weight is 632 g/mol. The van der Waals surface area contributed by atoms with Gasteiger partial charge in [-0.05, 0) is 83.1 Å². The highest BCUT2D eigenvalue weighted by molar-refractivity contribution is 5.87. The molecule has 4 rings (SSSR count). The molecule has 8 nitrogen and oxygen atoms in total. The second-order valence-corrected chi connectivity index (χ2v) is 13.0. The number of alkyl halides is 3. The van der Waals surface area contributed by atoms with Gasteiger partial charge in [-0.15, -0.1) is 0 Å². The van der Waals surface area contributed by atoms with Crippen LogP contribution in [0.25, 0.3) is 0 Å². The number of ether oxygens (including phenoxy) is 2. The van der Waals surface area contributed by atoms with Gasteiger partial charge in [0.05, 0.1) is 6.54 Å². The van der Waals surface area contributed by atoms with Crippen molar-refractivity contribution < 1.29 is 37.0 Å². The largest absolute Gasteiger partial charge is 0.490 e. The highest BCUT2D eigenvalue weighted by Crippen LogP contribution is 2.28. The summed E-state index contributed by atoms with van der Waals surface area (Å²) in [6.45, 7) is 8.01. The van der Waals surface area contributed by atoms with E-state index in [1.54, 1.807) is 25.7 Å². The number of rotatable bonds is 10. The van der Waals surface area contributed by atoms with Gasteiger partial charge in [-0.1, -0.05) is 60.7 Å². The number of likely N-dealkylation sites (tertiary alicyclic amines) is 2. The van der Waals surface area contributed by atoms with Gasteiger partial charge in [-0.2, -0.15) is 13.2 Å². The van der Waals surface area contributed by atoms with Gasteiger partial charge in [0.25, 0.3) is 0 Å². The summed E-state index contributed by atoms with van der Waals surface area (Å²) in [5.74, 6) is -2.13. The fourth-order valence-corrected chi connectivity index (χ4v) is 5.99. The highest BCUT2D eigenvalue weighted by atomic mass is 19.4. The summed E-state index contributed by atoms with van der Waals surface area (Å²) in [5, 5.41) is 0. The van der Waals surface area contributed by atoms with E-state index in [4.69, 9.17) is 4.74 Å². The summed E-state index contributed by atoms with van der Waals surface area (Å²) in [6.07, 6.45) is -3.61. The molecule has 2 heterocycles. The number of esters is 1. The Hall–Kier alpha value is -3.60. The van der Waals surface area contributed by atoms with Crippen molar-refractivity contribution in [2.24, 2.45) is 5.92 Å². The van der Waals surface area contributed by atoms with E-state index in [0.717, 1.165) is 49.4 Å². The maximum Gasteiger partial charge on any atom is 0.490 e. The predicted octanol–water partition coefficient (Wildman–Crippen LogP) is 5.84. The molecule has 0 aromatic heterocycles. The lowest BCUT2D eigenvalue weighted by Crippen LogP contribution is -2.49. The molecule has 0 spiro atoms. The van der Waals surface area contributed by atoms with Crippen molar-refractivity contribution in [2.75, 3.05) is 32.7 Å². The molecule has 0 radical (unpaired) electrons. The Bertz CT molecular complexity index is 1260. The van der Waals surface area contributed by atoms with Crippen LogP contribution < -0.4 is 0 Å². The summed E-state index contributed by atoms with van der Waals surface area (Å²) in [6, 6.07) is 18.8. The van der Waals surface area contributed by atoms with Crippen molar-refractivity contribution >= 4 is 18.0 Å². The number of halogens is 3. The average Bonchev–Trinajstić information content (AvgIpc) is 3.41. The Kier molecular flexibility index (Phi) is 11.5. The number of carbonyl (C=O) groups is 3. The molecule has 2 atom stereocenters. The molecule has 0 saturated carbocycles. The van der Waals surface area contributed by atoms with E-state index in [1.165, 1.54) is 5.56 Å². The van der Waals surface area contributed by atoms with Gasteiger partial charge >= 0.3 is 18.2 Å². The van der Waals surface area contributed by atoms with Crippen LogP contribution >= 0.6 is 0 Å². The molecule has 11 heteroatoms. The third-order valence-corrected chi connectivity index (χ3v) is 8.19. The molecule has 2 saturated heterocycles. The lowest BCUT2D eigenvalue weighted by molar-refractivity contribution is -0.204. The molecule has 246 valence electrons. The standard InChI is InChI=1S/C34H44F3N3O5/c1-33(2,3)45-32(43)40-24-28(44-31(42)34(35,36)37)22-29(40)30(41)39(23-27-13-8-5-9-14-27)18-10-17-38-19-15-26(16-20-38)21-25-11-6-4-7-12-25/h4-9,11-14,26,28-29H,10,15-24H2,1-3H3/t28-,29+/m1/s1. The molecule has 45 heavy (non-hydrogen) atoms. The first-order valence-corrected chi connectivity index (χ1v) is 15.6. The minimum absolute atomic E-state index is 0.250. The zero-order chi connectivity index (χ0) is 32.6. The Morgan fingerprint density at radius 1 is 0.911 bits per heavy atom. The number of amides is 2. The molecular formula is C34H44F3N3O5. The van der Waals surface area contributed by atoms with E-state index >= 15 is 0 Å². The molecule has 0 bridgehead atoms. The van der Waals surface area contributed by atoms with E-state index < -0.39 is 41.9 Å². The zero-order valence-corrected chi connectivity index (χ0v) is 26.3. The Morgan fingerprint density at radius 2 is 1.51 bits per heavy atom. The van der Waals surface area contributed by atoms with Gasteiger partial charge in [-0.25, -0.2) is 9.59 Å². The minimum Gasteiger partial charge on any atom is -0.454 e. The van der Waals surface area contributed by atoms with Crippen LogP contribution in [0.15, 0.2) is 60.7 Å². The summed E-state index contributed by atoms with van der Waals surface area (Å²) in [4.78, 5) is 43.9. The number of hydrogen-bond acceptors (Lipinski definition) is 6. The van der Waals surface area contributed by atoms with Gasteiger partial charge in [0.15, 0.2) is 0 Å². The molecule has 2 aliphatic heterocycles. The number of nitrogens with zero attached hydrogens (tertiary/aromatic N) is 3. The Balaban J connectivity index is 1.41. The first kappa shape index (κ1) is 34.3. The van der Waals surface area contributed by atoms with Crippen molar-refractivity contribution in [2.45, 2.75) is 83.3 Å². The van der Waals surface area contributed by atoms with Gasteiger partial charge in [0.2, 0.25) is 5.91 Å². The maximum atomic E-state index is 14.1. The number of piperidine rings is 1. The highest BCUT2D eigenvalue weighted by Gasteiger charge is 2.48. The van der Waals surface area contributed by atoms with Crippen molar-refractivity contribution in [1.82, 2.24) is 14.7 Å². The molecule has 2 aromatic rings. The lowest BCUT2D eigenvalue weighted by atomic mass is 9.90. The molecule has 2 aromatic carbocycles. The van der Waals surface area contributed by atoms with Gasteiger partial charge in [-0.3, -0.25) is 9.69 Å². The summed E-state index contributed by atoms with van der Waals surface area (Å²) in [7, 11) is 0. The fourth-order valence-electron chi connectivity index (χ4n) is 5.99.